The molecule has 3 aromatic heterocycles. The van der Waals surface area contributed by atoms with Crippen LogP contribution in [0.15, 0.2) is 24.3 Å². The highest BCUT2D eigenvalue weighted by molar-refractivity contribution is 5.98. The Balaban J connectivity index is 1.53. The number of likely N-dealkylation sites (N-methyl/N-ethyl adjacent to an activating group) is 1. The zero-order valence-corrected chi connectivity index (χ0v) is 35.6. The summed E-state index contributed by atoms with van der Waals surface area (Å²) in [6.45, 7) is 0.228. The number of likely N-dealkylation sites (tertiary alicyclic amines) is 1. The number of aromatic amines is 2. The van der Waals surface area contributed by atoms with E-state index in [1.54, 1.807) is 0 Å². The molecule has 3 aliphatic rings. The number of benzene rings is 4. The van der Waals surface area contributed by atoms with Crippen LogP contribution in [0.5, 0.6) is 0 Å². The summed E-state index contributed by atoms with van der Waals surface area (Å²) in [5.41, 5.74) is -17.9. The maximum atomic E-state index is 16.5. The third-order valence-corrected chi connectivity index (χ3v) is 12.7. The molecule has 2 atom stereocenters. The predicted molar refractivity (Wildman–Crippen MR) is 219 cm³/mol. The van der Waals surface area contributed by atoms with Gasteiger partial charge in [0.1, 0.15) is 0 Å². The van der Waals surface area contributed by atoms with E-state index in [4.69, 9.17) is 0 Å². The molecule has 3 aliphatic heterocycles. The van der Waals surface area contributed by atoms with E-state index in [9.17, 15) is 17.6 Å². The van der Waals surface area contributed by atoms with E-state index in [-0.39, 0.29) is 13.1 Å². The zero-order chi connectivity index (χ0) is 52.0. The van der Waals surface area contributed by atoms with Crippen LogP contribution in [-0.2, 0) is 0 Å². The van der Waals surface area contributed by atoms with Crippen molar-refractivity contribution < 1.29 is 83.4 Å². The monoisotopic (exact) mass is 1030 g/mol. The van der Waals surface area contributed by atoms with Crippen molar-refractivity contribution in [3.05, 3.63) is 163 Å². The summed E-state index contributed by atoms with van der Waals surface area (Å²) in [5.74, 6) is -50.1. The van der Waals surface area contributed by atoms with Gasteiger partial charge in [0.15, 0.2) is 93.1 Å². The van der Waals surface area contributed by atoms with Gasteiger partial charge in [0, 0.05) is 74.8 Å². The third kappa shape index (κ3) is 6.69. The molecule has 0 unspecified atom stereocenters. The molecule has 0 radical (unpaired) electrons. The van der Waals surface area contributed by atoms with Crippen LogP contribution in [0.25, 0.3) is 78.7 Å². The van der Waals surface area contributed by atoms with E-state index in [0.29, 0.717) is 12.2 Å². The van der Waals surface area contributed by atoms with E-state index < -0.39 is 217 Å². The molecule has 2 N–H and O–H groups in total. The van der Waals surface area contributed by atoms with Gasteiger partial charge in [-0.1, -0.05) is 0 Å². The lowest BCUT2D eigenvalue weighted by molar-refractivity contribution is 0.381. The molecule has 5 nitrogen and oxygen atoms in total. The van der Waals surface area contributed by atoms with E-state index in [1.807, 2.05) is 0 Å². The number of nitrogens with one attached hydrogen (secondary N) is 2. The molecular weight excluding hydrogens is 1010 g/mol. The van der Waals surface area contributed by atoms with Gasteiger partial charge in [-0.15, -0.1) is 0 Å². The Bertz CT molecular complexity index is 3470. The lowest BCUT2D eigenvalue weighted by atomic mass is 9.86. The van der Waals surface area contributed by atoms with Gasteiger partial charge < -0.3 is 14.9 Å². The van der Waals surface area contributed by atoms with Crippen molar-refractivity contribution >= 4 is 34.2 Å². The SMILES string of the molecule is Cc1c(F)c(F)c(F)c(F)c1-c1c2nc(c(-c3c(F)c(F)c(F)c(F)c3F)c3ccc([nH]3)c(-c3c(F)c(F)c(F)c(F)c3F)c3nc(c(-c4c(F)c(F)c(F)c(F)c4F)c4ccc1[nH]4)C=C3)[C@H]1CN(C)C[C@@H]21. The van der Waals surface area contributed by atoms with Crippen LogP contribution in [0.1, 0.15) is 40.2 Å². The highest BCUT2D eigenvalue weighted by Crippen LogP contribution is 2.52. The highest BCUT2D eigenvalue weighted by Gasteiger charge is 2.45. The molecule has 8 bridgehead atoms. The molecule has 7 aromatic rings. The summed E-state index contributed by atoms with van der Waals surface area (Å²) in [5, 5.41) is 0. The maximum Gasteiger partial charge on any atom is 0.200 e. The predicted octanol–water partition coefficient (Wildman–Crippen LogP) is 13.9. The van der Waals surface area contributed by atoms with E-state index in [1.165, 1.54) is 11.9 Å². The number of H-pyrrole nitrogens is 2. The van der Waals surface area contributed by atoms with Crippen LogP contribution in [0, 0.1) is 117 Å². The van der Waals surface area contributed by atoms with Gasteiger partial charge in [-0.05, 0) is 56.0 Å². The Kier molecular flexibility index (Phi) is 11.2. The van der Waals surface area contributed by atoms with Crippen molar-refractivity contribution in [3.8, 4) is 44.5 Å². The summed E-state index contributed by atoms with van der Waals surface area (Å²) in [4.78, 5) is 15.0. The van der Waals surface area contributed by atoms with Crippen molar-refractivity contribution in [2.24, 2.45) is 0 Å². The Labute approximate surface area is 388 Å². The second-order valence-corrected chi connectivity index (χ2v) is 16.7. The minimum Gasteiger partial charge on any atom is -0.354 e. The second kappa shape index (κ2) is 16.7. The van der Waals surface area contributed by atoms with Gasteiger partial charge in [-0.25, -0.2) is 88.4 Å². The van der Waals surface area contributed by atoms with Crippen molar-refractivity contribution in [2.75, 3.05) is 20.1 Å². The lowest BCUT2D eigenvalue weighted by Crippen LogP contribution is -2.15. The third-order valence-electron chi connectivity index (χ3n) is 12.7. The number of fused-ring (bicyclic) bond motifs is 11. The number of hydrogen-bond acceptors (Lipinski definition) is 3. The molecule has 1 fully saturated rings. The average Bonchev–Trinajstić information content (AvgIpc) is 4.23. The Morgan fingerprint density at radius 1 is 0.347 bits per heavy atom. The van der Waals surface area contributed by atoms with Crippen LogP contribution in [0.3, 0.4) is 0 Å². The number of aromatic nitrogens is 4. The standard InChI is InChI=1S/C48H20F19N5/c1-11-20(29(50)37(58)36(57)28(11)49)23-18-7-5-16(69-18)21(25-30(51)38(59)44(65)39(60)31(25)52)14-3-4-15(68-14)22(26-32(53)40(61)45(66)41(62)33(26)54)17-6-8-19(70-17)24(27-34(55)42(63)46(67)43(64)35(27)56)48-13-10-72(2)9-12(13)47(23)71-48/h3-8,12-13,69-70H,9-10H2,1-2H3/t12-,13+/m1/s1. The first kappa shape index (κ1) is 48.0. The number of halogens is 19. The minimum atomic E-state index is -2.68. The van der Waals surface area contributed by atoms with Crippen molar-refractivity contribution in [1.82, 2.24) is 24.8 Å². The fourth-order valence-corrected chi connectivity index (χ4v) is 9.46. The van der Waals surface area contributed by atoms with Gasteiger partial charge in [0.25, 0.3) is 0 Å². The van der Waals surface area contributed by atoms with Crippen LogP contribution in [0.2, 0.25) is 0 Å². The Morgan fingerprint density at radius 3 is 0.958 bits per heavy atom. The van der Waals surface area contributed by atoms with Crippen molar-refractivity contribution in [2.45, 2.75) is 18.8 Å². The van der Waals surface area contributed by atoms with E-state index in [2.05, 4.69) is 19.9 Å². The normalized spacial score (nSPS) is 15.6. The van der Waals surface area contributed by atoms with E-state index >= 15 is 65.9 Å². The molecule has 24 heteroatoms. The molecule has 1 saturated heterocycles. The van der Waals surface area contributed by atoms with Crippen LogP contribution in [0.4, 0.5) is 83.4 Å². The fraction of sp³-hybridized carbons (Fsp3) is 0.125. The molecule has 370 valence electrons. The molecule has 72 heavy (non-hydrogen) atoms. The lowest BCUT2D eigenvalue weighted by Gasteiger charge is -2.16. The molecule has 0 saturated carbocycles. The van der Waals surface area contributed by atoms with E-state index in [0.717, 1.165) is 31.2 Å². The minimum absolute atomic E-state index is 0.253. The van der Waals surface area contributed by atoms with Gasteiger partial charge in [-0.2, -0.15) is 0 Å². The quantitative estimate of drug-likeness (QED) is 0.105. The largest absolute Gasteiger partial charge is 0.354 e. The van der Waals surface area contributed by atoms with Crippen LogP contribution >= 0.6 is 0 Å². The van der Waals surface area contributed by atoms with Gasteiger partial charge in [0.05, 0.1) is 39.5 Å². The van der Waals surface area contributed by atoms with Gasteiger partial charge in [0.2, 0.25) is 17.5 Å². The van der Waals surface area contributed by atoms with Crippen LogP contribution < -0.4 is 0 Å². The summed E-state index contributed by atoms with van der Waals surface area (Å²) in [7, 11) is 1.43. The first-order chi connectivity index (χ1) is 34.0. The highest BCUT2D eigenvalue weighted by atomic mass is 19.2. The number of rotatable bonds is 4. The summed E-state index contributed by atoms with van der Waals surface area (Å²) >= 11 is 0. The van der Waals surface area contributed by atoms with Crippen LogP contribution in [-0.4, -0.2) is 45.0 Å². The Morgan fingerprint density at radius 2 is 0.611 bits per heavy atom. The topological polar surface area (TPSA) is 60.6 Å². The fourth-order valence-electron chi connectivity index (χ4n) is 9.46. The molecule has 0 spiro atoms. The second-order valence-electron chi connectivity index (χ2n) is 16.7. The first-order valence-electron chi connectivity index (χ1n) is 20.5. The summed E-state index contributed by atoms with van der Waals surface area (Å²) in [6.07, 6.45) is 1.36. The van der Waals surface area contributed by atoms with Crippen molar-refractivity contribution in [1.29, 1.82) is 0 Å². The average molecular weight is 1030 g/mol. The van der Waals surface area contributed by atoms with Gasteiger partial charge >= 0.3 is 0 Å². The number of hydrogen-bond donors (Lipinski definition) is 2. The molecule has 4 aromatic carbocycles. The van der Waals surface area contributed by atoms with Gasteiger partial charge in [-0.3, -0.25) is 4.98 Å². The summed E-state index contributed by atoms with van der Waals surface area (Å²) < 4.78 is 294. The zero-order valence-electron chi connectivity index (χ0n) is 35.6. The molecule has 0 aliphatic carbocycles. The smallest absolute Gasteiger partial charge is 0.200 e. The molecule has 0 amide bonds. The Hall–Kier alpha value is -7.63. The first-order valence-corrected chi connectivity index (χ1v) is 20.5. The van der Waals surface area contributed by atoms with Crippen molar-refractivity contribution in [3.63, 3.8) is 0 Å². The molecule has 10 rings (SSSR count). The number of nitrogens with zero attached hydrogens (tertiary/aromatic N) is 3. The summed E-state index contributed by atoms with van der Waals surface area (Å²) in [6, 6.07) is 3.15. The maximum absolute atomic E-state index is 16.5. The molecule has 6 heterocycles. The molecular formula is C48H20F19N5.